The van der Waals surface area contributed by atoms with E-state index in [1.165, 1.54) is 16.7 Å². The smallest absolute Gasteiger partial charge is 0.340 e. The summed E-state index contributed by atoms with van der Waals surface area (Å²) in [6.07, 6.45) is 1.16. The molecular weight excluding hydrogens is 437 g/mol. The van der Waals surface area contributed by atoms with Crippen molar-refractivity contribution < 1.29 is 22.8 Å². The number of hydrogen-bond donors (Lipinski definition) is 2. The van der Waals surface area contributed by atoms with Crippen LogP contribution in [0.5, 0.6) is 0 Å². The fourth-order valence-electron chi connectivity index (χ4n) is 3.36. The molecule has 0 radical (unpaired) electrons. The van der Waals surface area contributed by atoms with Crippen LogP contribution in [0.1, 0.15) is 37.1 Å². The van der Waals surface area contributed by atoms with Crippen LogP contribution in [0.4, 0.5) is 18.9 Å². The number of fused-ring (bicyclic) bond motifs is 1. The number of imidazole rings is 1. The molecule has 0 aliphatic rings. The summed E-state index contributed by atoms with van der Waals surface area (Å²) in [6, 6.07) is 8.09. The normalized spacial score (nSPS) is 11.8. The Balaban J connectivity index is 1.71. The van der Waals surface area contributed by atoms with Gasteiger partial charge in [-0.25, -0.2) is 4.98 Å². The van der Waals surface area contributed by atoms with Gasteiger partial charge < -0.3 is 14.9 Å². The minimum Gasteiger partial charge on any atom is -0.340 e. The fourth-order valence-corrected chi connectivity index (χ4v) is 3.36. The summed E-state index contributed by atoms with van der Waals surface area (Å²) in [7, 11) is 0. The Kier molecular flexibility index (Phi) is 7.81. The molecule has 0 bridgehead atoms. The number of benzene rings is 1. The van der Waals surface area contributed by atoms with E-state index < -0.39 is 18.2 Å². The number of H-pyrrole nitrogens is 1. The van der Waals surface area contributed by atoms with Crippen molar-refractivity contribution in [1.82, 2.24) is 14.5 Å². The van der Waals surface area contributed by atoms with E-state index in [1.807, 2.05) is 0 Å². The molecule has 0 saturated heterocycles. The molecule has 2 aromatic heterocycles. The van der Waals surface area contributed by atoms with Crippen molar-refractivity contribution in [3.63, 3.8) is 0 Å². The summed E-state index contributed by atoms with van der Waals surface area (Å²) in [5.74, 6) is 0.0967. The summed E-state index contributed by atoms with van der Waals surface area (Å²) < 4.78 is 39.2. The molecule has 3 aromatic rings. The lowest BCUT2D eigenvalue weighted by Crippen LogP contribution is -2.26. The molecule has 3 rings (SSSR count). The van der Waals surface area contributed by atoms with Gasteiger partial charge in [-0.05, 0) is 49.1 Å². The van der Waals surface area contributed by atoms with Gasteiger partial charge >= 0.3 is 6.18 Å². The Morgan fingerprint density at radius 1 is 1.21 bits per heavy atom. The van der Waals surface area contributed by atoms with E-state index in [9.17, 15) is 27.6 Å². The Bertz CT molecular complexity index is 1210. The summed E-state index contributed by atoms with van der Waals surface area (Å²) in [6.45, 7) is 0.0619. The summed E-state index contributed by atoms with van der Waals surface area (Å²) in [5.41, 5.74) is 1.20. The Morgan fingerprint density at radius 2 is 2.03 bits per heavy atom. The minimum atomic E-state index is -4.26. The molecule has 0 spiro atoms. The number of aldehydes is 1. The number of anilines is 1. The average Bonchev–Trinajstić information content (AvgIpc) is 3.17. The lowest BCUT2D eigenvalue weighted by molar-refractivity contribution is -0.134. The van der Waals surface area contributed by atoms with E-state index >= 15 is 0 Å². The molecule has 0 unspecified atom stereocenters. The number of carbonyl (C=O) groups is 2. The van der Waals surface area contributed by atoms with Gasteiger partial charge in [0.15, 0.2) is 0 Å². The maximum Gasteiger partial charge on any atom is 0.389 e. The zero-order valence-electron chi connectivity index (χ0n) is 17.7. The number of halogens is 3. The third-order valence-corrected chi connectivity index (χ3v) is 4.93. The van der Waals surface area contributed by atoms with E-state index in [0.717, 1.165) is 0 Å². The van der Waals surface area contributed by atoms with Gasteiger partial charge in [-0.2, -0.15) is 13.2 Å². The molecule has 0 aliphatic carbocycles. The molecule has 1 aromatic carbocycles. The molecule has 174 valence electrons. The zero-order valence-corrected chi connectivity index (χ0v) is 17.7. The highest BCUT2D eigenvalue weighted by Crippen LogP contribution is 2.25. The van der Waals surface area contributed by atoms with Gasteiger partial charge in [-0.15, -0.1) is 0 Å². The molecular formula is C23H23F3N4O3. The van der Waals surface area contributed by atoms with E-state index in [0.29, 0.717) is 41.5 Å². The van der Waals surface area contributed by atoms with Gasteiger partial charge in [0.1, 0.15) is 17.8 Å². The number of nitrogens with zero attached hydrogens (tertiary/aromatic N) is 2. The molecule has 0 atom stereocenters. The first kappa shape index (κ1) is 24.0. The van der Waals surface area contributed by atoms with Crippen LogP contribution in [-0.4, -0.2) is 32.9 Å². The van der Waals surface area contributed by atoms with E-state index in [1.54, 1.807) is 36.5 Å². The number of amides is 1. The number of hydrogen-bond acceptors (Lipinski definition) is 4. The monoisotopic (exact) mass is 460 g/mol. The highest BCUT2D eigenvalue weighted by Gasteiger charge is 2.27. The third kappa shape index (κ3) is 6.90. The van der Waals surface area contributed by atoms with Gasteiger partial charge in [0, 0.05) is 19.0 Å². The van der Waals surface area contributed by atoms with Crippen LogP contribution < -0.4 is 10.9 Å². The lowest BCUT2D eigenvalue weighted by Gasteiger charge is -2.08. The van der Waals surface area contributed by atoms with Gasteiger partial charge in [-0.1, -0.05) is 18.2 Å². The van der Waals surface area contributed by atoms with Gasteiger partial charge in [0.05, 0.1) is 17.6 Å². The number of aryl methyl sites for hydroxylation is 1. The third-order valence-electron chi connectivity index (χ3n) is 4.93. The second-order valence-electron chi connectivity index (χ2n) is 7.47. The van der Waals surface area contributed by atoms with E-state index in [2.05, 4.69) is 15.3 Å². The van der Waals surface area contributed by atoms with Crippen molar-refractivity contribution in [2.45, 2.75) is 44.8 Å². The van der Waals surface area contributed by atoms with Crippen LogP contribution >= 0.6 is 0 Å². The lowest BCUT2D eigenvalue weighted by atomic mass is 10.1. The SMILES string of the molecule is O=C/C=C/CCCC(=O)Nc1cccn(Cc2nc3c(CCC(F)(F)F)cccc3[nH]2)c1=O. The van der Waals surface area contributed by atoms with Gasteiger partial charge in [-0.3, -0.25) is 14.4 Å². The number of allylic oxidation sites excluding steroid dienone is 2. The molecule has 0 aliphatic heterocycles. The molecule has 2 N–H and O–H groups in total. The molecule has 0 fully saturated rings. The van der Waals surface area contributed by atoms with Gasteiger partial charge in [0.2, 0.25) is 5.91 Å². The Morgan fingerprint density at radius 3 is 2.79 bits per heavy atom. The first-order chi connectivity index (χ1) is 15.8. The molecule has 33 heavy (non-hydrogen) atoms. The molecule has 7 nitrogen and oxygen atoms in total. The standard InChI is InChI=1S/C23H23F3N4O3/c24-23(25,26)12-11-16-7-5-8-17-21(16)29-19(27-17)15-30-13-6-9-18(22(30)33)28-20(32)10-3-1-2-4-14-31/h2,4-9,13-14H,1,3,10-12,15H2,(H,27,29)(H,28,32)/b4-2+. The zero-order chi connectivity index (χ0) is 23.8. The Hall–Kier alpha value is -3.69. The molecule has 10 heteroatoms. The number of rotatable bonds is 10. The second-order valence-corrected chi connectivity index (χ2v) is 7.47. The molecule has 2 heterocycles. The summed E-state index contributed by atoms with van der Waals surface area (Å²) >= 11 is 0. The van der Waals surface area contributed by atoms with Crippen LogP contribution in [0.3, 0.4) is 0 Å². The van der Waals surface area contributed by atoms with E-state index in [-0.39, 0.29) is 31.0 Å². The first-order valence-corrected chi connectivity index (χ1v) is 10.4. The maximum absolute atomic E-state index is 12.8. The van der Waals surface area contributed by atoms with Crippen molar-refractivity contribution in [1.29, 1.82) is 0 Å². The predicted octanol–water partition coefficient (Wildman–Crippen LogP) is 4.13. The number of alkyl halides is 3. The van der Waals surface area contributed by atoms with Crippen molar-refractivity contribution >= 4 is 28.9 Å². The van der Waals surface area contributed by atoms with Crippen LogP contribution in [0, 0.1) is 0 Å². The summed E-state index contributed by atoms with van der Waals surface area (Å²) in [4.78, 5) is 42.5. The Labute approximate surface area is 187 Å². The van der Waals surface area contributed by atoms with Crippen LogP contribution in [0.2, 0.25) is 0 Å². The van der Waals surface area contributed by atoms with Crippen molar-refractivity contribution in [2.24, 2.45) is 0 Å². The van der Waals surface area contributed by atoms with E-state index in [4.69, 9.17) is 0 Å². The average molecular weight is 460 g/mol. The molecule has 0 saturated carbocycles. The number of nitrogens with one attached hydrogen (secondary N) is 2. The number of para-hydroxylation sites is 1. The van der Waals surface area contributed by atoms with Crippen LogP contribution in [-0.2, 0) is 22.6 Å². The van der Waals surface area contributed by atoms with Crippen molar-refractivity contribution in [3.8, 4) is 0 Å². The van der Waals surface area contributed by atoms with Crippen LogP contribution in [0.25, 0.3) is 11.0 Å². The number of carbonyl (C=O) groups excluding carboxylic acids is 2. The largest absolute Gasteiger partial charge is 0.389 e. The summed E-state index contributed by atoms with van der Waals surface area (Å²) in [5, 5.41) is 2.59. The van der Waals surface area contributed by atoms with Crippen molar-refractivity contribution in [3.05, 3.63) is 70.4 Å². The highest BCUT2D eigenvalue weighted by molar-refractivity contribution is 5.90. The number of aromatic nitrogens is 3. The molecule has 1 amide bonds. The topological polar surface area (TPSA) is 96.8 Å². The maximum atomic E-state index is 12.8. The van der Waals surface area contributed by atoms with Gasteiger partial charge in [0.25, 0.3) is 5.56 Å². The predicted molar refractivity (Wildman–Crippen MR) is 118 cm³/mol. The minimum absolute atomic E-state index is 0.0619. The number of aromatic amines is 1. The fraction of sp³-hybridized carbons (Fsp3) is 0.304. The van der Waals surface area contributed by atoms with Crippen LogP contribution in [0.15, 0.2) is 53.5 Å². The number of unbranched alkanes of at least 4 members (excludes halogenated alkanes) is 1. The van der Waals surface area contributed by atoms with Crippen molar-refractivity contribution in [2.75, 3.05) is 5.32 Å². The second kappa shape index (κ2) is 10.8. The number of pyridine rings is 1. The quantitative estimate of drug-likeness (QED) is 0.270. The first-order valence-electron chi connectivity index (χ1n) is 10.4. The highest BCUT2D eigenvalue weighted by atomic mass is 19.4.